The third-order valence-corrected chi connectivity index (χ3v) is 10.1. The Hall–Kier alpha value is -5.53. The molecule has 0 bridgehead atoms. The lowest BCUT2D eigenvalue weighted by Gasteiger charge is -2.36. The summed E-state index contributed by atoms with van der Waals surface area (Å²) in [7, 11) is 1.33. The lowest BCUT2D eigenvalue weighted by molar-refractivity contribution is -0.893. The van der Waals surface area contributed by atoms with Gasteiger partial charge in [0.15, 0.2) is 23.9 Å². The minimum Gasteiger partial charge on any atom is -0.477 e. The fraction of sp³-hybridized carbons (Fsp3) is 0.405. The summed E-state index contributed by atoms with van der Waals surface area (Å²) in [6.45, 7) is 3.76. The quantitative estimate of drug-likeness (QED) is 0.0886. The Labute approximate surface area is 329 Å². The Bertz CT molecular complexity index is 2120. The number of hydrogen-bond donors (Lipinski definition) is 5. The number of aliphatic carboxylic acids is 1. The van der Waals surface area contributed by atoms with Gasteiger partial charge in [-0.2, -0.15) is 18.3 Å². The van der Waals surface area contributed by atoms with E-state index in [1.54, 1.807) is 9.80 Å². The first-order chi connectivity index (χ1) is 27.0. The minimum absolute atomic E-state index is 0.0228. The van der Waals surface area contributed by atoms with Crippen LogP contribution in [-0.2, 0) is 22.8 Å². The van der Waals surface area contributed by atoms with Gasteiger partial charge in [-0.25, -0.2) is 18.9 Å². The van der Waals surface area contributed by atoms with Crippen molar-refractivity contribution >= 4 is 46.7 Å². The number of rotatable bonds is 15. The maximum absolute atomic E-state index is 14.6. The number of carboxylic acids is 1. The second-order valence-electron chi connectivity index (χ2n) is 13.6. The van der Waals surface area contributed by atoms with Crippen molar-refractivity contribution in [2.75, 3.05) is 63.5 Å². The van der Waals surface area contributed by atoms with Gasteiger partial charge in [0.1, 0.15) is 5.69 Å². The van der Waals surface area contributed by atoms with E-state index in [1.807, 2.05) is 6.92 Å². The zero-order valence-corrected chi connectivity index (χ0v) is 31.9. The molecule has 57 heavy (non-hydrogen) atoms. The zero-order chi connectivity index (χ0) is 41.6. The predicted octanol–water partition coefficient (Wildman–Crippen LogP) is 2.97. The maximum atomic E-state index is 14.6. The van der Waals surface area contributed by atoms with Crippen molar-refractivity contribution in [3.8, 4) is 16.9 Å². The largest absolute Gasteiger partial charge is 0.477 e. The van der Waals surface area contributed by atoms with E-state index < -0.39 is 35.1 Å². The standard InChI is InChI=1S/C37H42ClF4N9O6/c1-3-22(9-11-48(10-4-16-52)21-31(53)54)35(56)49-12-14-50(15-13-49)36(57)25-7-6-24(18-27(25)38)45-34(55)33-44-19-30(47(33)2)26-20-51(46-32(26)37(40,41)42)29-8-5-23(43)17-28(29)39/h5-8,17-20,22,52H,3-4,9-16,21,43H2,1-2H3,(H,45,55)(H,53,54)/p+1. The first-order valence-corrected chi connectivity index (χ1v) is 18.5. The minimum atomic E-state index is -4.94. The van der Waals surface area contributed by atoms with Gasteiger partial charge in [-0.1, -0.05) is 18.5 Å². The van der Waals surface area contributed by atoms with Crippen molar-refractivity contribution in [1.29, 1.82) is 0 Å². The number of alkyl halides is 3. The summed E-state index contributed by atoms with van der Waals surface area (Å²) in [5, 5.41) is 24.6. The summed E-state index contributed by atoms with van der Waals surface area (Å²) in [6, 6.07) is 7.68. The number of nitrogens with one attached hydrogen (secondary N) is 2. The summed E-state index contributed by atoms with van der Waals surface area (Å²) in [5.74, 6) is -3.67. The predicted molar refractivity (Wildman–Crippen MR) is 200 cm³/mol. The highest BCUT2D eigenvalue weighted by Crippen LogP contribution is 2.37. The first-order valence-electron chi connectivity index (χ1n) is 18.1. The summed E-state index contributed by atoms with van der Waals surface area (Å²) < 4.78 is 58.7. The Morgan fingerprint density at radius 2 is 1.75 bits per heavy atom. The molecular formula is C37H43ClF4N9O6+. The second kappa shape index (κ2) is 18.2. The van der Waals surface area contributed by atoms with Gasteiger partial charge in [-0.05, 0) is 42.8 Å². The van der Waals surface area contributed by atoms with E-state index in [0.29, 0.717) is 32.4 Å². The number of amides is 3. The van der Waals surface area contributed by atoms with Crippen molar-refractivity contribution in [3.05, 3.63) is 76.7 Å². The van der Waals surface area contributed by atoms with Crippen LogP contribution in [0.2, 0.25) is 5.02 Å². The third-order valence-electron chi connectivity index (χ3n) is 9.78. The number of aliphatic hydroxyl groups is 1. The molecule has 2 aromatic carbocycles. The molecule has 2 unspecified atom stereocenters. The Kier molecular flexibility index (Phi) is 13.6. The number of anilines is 2. The summed E-state index contributed by atoms with van der Waals surface area (Å²) in [5.41, 5.74) is 3.79. The molecule has 0 saturated carbocycles. The number of hydrogen-bond acceptors (Lipinski definition) is 8. The lowest BCUT2D eigenvalue weighted by atomic mass is 9.99. The molecule has 15 nitrogen and oxygen atoms in total. The van der Waals surface area contributed by atoms with Crippen molar-refractivity contribution in [3.63, 3.8) is 0 Å². The molecule has 0 radical (unpaired) electrons. The molecule has 1 fully saturated rings. The van der Waals surface area contributed by atoms with E-state index in [0.717, 1.165) is 32.6 Å². The second-order valence-corrected chi connectivity index (χ2v) is 14.0. The molecule has 6 N–H and O–H groups in total. The van der Waals surface area contributed by atoms with Gasteiger partial charge >= 0.3 is 12.1 Å². The van der Waals surface area contributed by atoms with Gasteiger partial charge in [-0.15, -0.1) is 0 Å². The molecular weight excluding hydrogens is 778 g/mol. The summed E-state index contributed by atoms with van der Waals surface area (Å²) >= 11 is 6.50. The number of carboxylic acid groups (broad SMARTS) is 1. The van der Waals surface area contributed by atoms with E-state index >= 15 is 0 Å². The zero-order valence-electron chi connectivity index (χ0n) is 31.2. The number of carbonyl (C=O) groups is 4. The number of quaternary nitrogens is 1. The number of aliphatic hydroxyl groups excluding tert-OH is 1. The molecule has 20 heteroatoms. The molecule has 1 saturated heterocycles. The van der Waals surface area contributed by atoms with E-state index in [1.165, 1.54) is 37.4 Å². The molecule has 0 spiro atoms. The van der Waals surface area contributed by atoms with Crippen LogP contribution in [0.5, 0.6) is 0 Å². The van der Waals surface area contributed by atoms with Gasteiger partial charge in [0, 0.05) is 76.2 Å². The normalized spacial score (nSPS) is 14.4. The number of carbonyl (C=O) groups excluding carboxylic acids is 3. The van der Waals surface area contributed by atoms with Crippen LogP contribution >= 0.6 is 11.6 Å². The van der Waals surface area contributed by atoms with Crippen LogP contribution in [-0.4, -0.2) is 115 Å². The van der Waals surface area contributed by atoms with E-state index in [4.69, 9.17) is 22.4 Å². The molecule has 2 aromatic heterocycles. The van der Waals surface area contributed by atoms with Gasteiger partial charge in [0.2, 0.25) is 5.91 Å². The number of benzene rings is 2. The van der Waals surface area contributed by atoms with Crippen molar-refractivity contribution < 1.29 is 51.9 Å². The van der Waals surface area contributed by atoms with E-state index in [9.17, 15) is 41.8 Å². The van der Waals surface area contributed by atoms with Gasteiger partial charge < -0.3 is 40.5 Å². The maximum Gasteiger partial charge on any atom is 0.435 e. The highest BCUT2D eigenvalue weighted by molar-refractivity contribution is 6.34. The fourth-order valence-corrected chi connectivity index (χ4v) is 6.97. The third kappa shape index (κ3) is 10.1. The number of nitrogens with zero attached hydrogens (tertiary/aromatic N) is 6. The monoisotopic (exact) mass is 820 g/mol. The van der Waals surface area contributed by atoms with Crippen LogP contribution in [0.25, 0.3) is 16.9 Å². The highest BCUT2D eigenvalue weighted by atomic mass is 35.5. The number of halogens is 5. The van der Waals surface area contributed by atoms with Crippen molar-refractivity contribution in [1.82, 2.24) is 29.1 Å². The Morgan fingerprint density at radius 1 is 1.05 bits per heavy atom. The smallest absolute Gasteiger partial charge is 0.435 e. The van der Waals surface area contributed by atoms with Gasteiger partial charge in [0.05, 0.1) is 41.1 Å². The summed E-state index contributed by atoms with van der Waals surface area (Å²) in [4.78, 5) is 59.4. The van der Waals surface area contributed by atoms with E-state index in [2.05, 4.69) is 15.4 Å². The SMILES string of the molecule is CCC(CC[NH+](CCCO)CC(=O)O)C(=O)N1CCN(C(=O)c2ccc(NC(=O)c3ncc(-c4cn(-c5ccc(N)cc5F)nc4C(F)(F)F)n3C)cc2Cl)CC1. The Balaban J connectivity index is 1.21. The molecule has 5 rings (SSSR count). The highest BCUT2D eigenvalue weighted by Gasteiger charge is 2.39. The summed E-state index contributed by atoms with van der Waals surface area (Å²) in [6.07, 6.45) is -1.38. The number of nitrogens with two attached hydrogens (primary N) is 1. The van der Waals surface area contributed by atoms with Crippen LogP contribution in [0.4, 0.5) is 28.9 Å². The average molecular weight is 821 g/mol. The molecule has 1 aliphatic rings. The topological polar surface area (TPSA) is 193 Å². The van der Waals surface area contributed by atoms with Crippen molar-refractivity contribution in [2.24, 2.45) is 13.0 Å². The molecule has 4 aromatic rings. The molecule has 3 amide bonds. The average Bonchev–Trinajstić information content (AvgIpc) is 3.77. The van der Waals surface area contributed by atoms with Crippen LogP contribution in [0, 0.1) is 11.7 Å². The first kappa shape index (κ1) is 42.6. The van der Waals surface area contributed by atoms with Crippen LogP contribution in [0.15, 0.2) is 48.8 Å². The molecule has 2 atom stereocenters. The molecule has 3 heterocycles. The Morgan fingerprint density at radius 3 is 2.37 bits per heavy atom. The number of piperazine rings is 1. The number of nitrogen functional groups attached to an aromatic ring is 1. The van der Waals surface area contributed by atoms with E-state index in [-0.39, 0.29) is 96.2 Å². The fourth-order valence-electron chi connectivity index (χ4n) is 6.71. The van der Waals surface area contributed by atoms with Gasteiger partial charge in [-0.3, -0.25) is 14.4 Å². The van der Waals surface area contributed by atoms with Gasteiger partial charge in [0.25, 0.3) is 11.8 Å². The van der Waals surface area contributed by atoms with Crippen LogP contribution in [0.1, 0.15) is 52.9 Å². The molecule has 1 aliphatic heterocycles. The van der Waals surface area contributed by atoms with Crippen LogP contribution in [0.3, 0.4) is 0 Å². The lowest BCUT2D eigenvalue weighted by Crippen LogP contribution is -3.13. The number of imidazole rings is 1. The van der Waals surface area contributed by atoms with Crippen LogP contribution < -0.4 is 16.0 Å². The number of aromatic nitrogens is 4. The molecule has 0 aliphatic carbocycles. The molecule has 306 valence electrons. The van der Waals surface area contributed by atoms with Crippen molar-refractivity contribution in [2.45, 2.75) is 32.4 Å².